The van der Waals surface area contributed by atoms with Crippen molar-refractivity contribution in [1.29, 1.82) is 0 Å². The van der Waals surface area contributed by atoms with Crippen molar-refractivity contribution in [2.45, 2.75) is 33.7 Å². The highest BCUT2D eigenvalue weighted by Crippen LogP contribution is 2.32. The van der Waals surface area contributed by atoms with Crippen molar-refractivity contribution in [2.75, 3.05) is 26.3 Å². The van der Waals surface area contributed by atoms with E-state index in [2.05, 4.69) is 6.58 Å². The Kier molecular flexibility index (Phi) is 9.09. The standard InChI is InChI=1S/C30H32ClN3O4S/c1-6-16-38-23-15-10-20(17-24(23)37-9-4)18-25-28(35)34-27(21-11-13-22(31)14-12-21)26(19(5)32-30(34)39-25)29(36)33(7-2)8-3/h6,10-15,17-18,27H,1,7-9,16H2,2-5H3/b25-18+/t27-/m0/s1. The zero-order chi connectivity index (χ0) is 28.1. The van der Waals surface area contributed by atoms with Gasteiger partial charge in [0.2, 0.25) is 0 Å². The van der Waals surface area contributed by atoms with E-state index in [4.69, 9.17) is 26.1 Å². The van der Waals surface area contributed by atoms with Gasteiger partial charge in [0.15, 0.2) is 16.3 Å². The SMILES string of the molecule is C=CCOc1ccc(/C=c2/sc3n(c2=O)[C@@H](c2ccc(Cl)cc2)C(C(=O)N(CC)CC)=C(C)N=3)cc1OCC. The van der Waals surface area contributed by atoms with Crippen LogP contribution in [0.4, 0.5) is 0 Å². The lowest BCUT2D eigenvalue weighted by Crippen LogP contribution is -2.43. The van der Waals surface area contributed by atoms with E-state index >= 15 is 0 Å². The molecular weight excluding hydrogens is 534 g/mol. The van der Waals surface area contributed by atoms with E-state index in [1.54, 1.807) is 27.7 Å². The summed E-state index contributed by atoms with van der Waals surface area (Å²) in [5.74, 6) is 1.06. The minimum absolute atomic E-state index is 0.132. The first-order valence-electron chi connectivity index (χ1n) is 12.9. The Labute approximate surface area is 237 Å². The molecule has 0 unspecified atom stereocenters. The fourth-order valence-corrected chi connectivity index (χ4v) is 5.71. The lowest BCUT2D eigenvalue weighted by atomic mass is 9.94. The molecule has 2 aromatic carbocycles. The lowest BCUT2D eigenvalue weighted by Gasteiger charge is -2.29. The summed E-state index contributed by atoms with van der Waals surface area (Å²) < 4.78 is 13.6. The van der Waals surface area contributed by atoms with Crippen molar-refractivity contribution in [3.63, 3.8) is 0 Å². The van der Waals surface area contributed by atoms with Crippen molar-refractivity contribution in [2.24, 2.45) is 4.99 Å². The van der Waals surface area contributed by atoms with Crippen LogP contribution in [0.15, 0.2) is 76.2 Å². The summed E-state index contributed by atoms with van der Waals surface area (Å²) >= 11 is 7.46. The number of hydrogen-bond donors (Lipinski definition) is 0. The van der Waals surface area contributed by atoms with Gasteiger partial charge in [0.1, 0.15) is 6.61 Å². The molecule has 0 saturated heterocycles. The molecule has 1 aliphatic heterocycles. The molecule has 1 aliphatic rings. The number of amides is 1. The Morgan fingerprint density at radius 1 is 1.13 bits per heavy atom. The number of fused-ring (bicyclic) bond motifs is 1. The van der Waals surface area contributed by atoms with Gasteiger partial charge in [-0.2, -0.15) is 0 Å². The Balaban J connectivity index is 1.88. The Morgan fingerprint density at radius 3 is 2.49 bits per heavy atom. The van der Waals surface area contributed by atoms with Gasteiger partial charge in [-0.3, -0.25) is 14.2 Å². The van der Waals surface area contributed by atoms with Gasteiger partial charge in [-0.05, 0) is 69.2 Å². The number of thiazole rings is 1. The van der Waals surface area contributed by atoms with Gasteiger partial charge in [0.05, 0.1) is 28.5 Å². The summed E-state index contributed by atoms with van der Waals surface area (Å²) in [6, 6.07) is 12.2. The highest BCUT2D eigenvalue weighted by molar-refractivity contribution is 7.07. The number of allylic oxidation sites excluding steroid dienone is 1. The molecule has 204 valence electrons. The number of ether oxygens (including phenoxy) is 2. The fourth-order valence-electron chi connectivity index (χ4n) is 4.54. The van der Waals surface area contributed by atoms with Crippen molar-refractivity contribution in [3.05, 3.63) is 102 Å². The molecule has 0 aliphatic carbocycles. The van der Waals surface area contributed by atoms with Crippen LogP contribution in [-0.2, 0) is 4.79 Å². The number of nitrogens with zero attached hydrogens (tertiary/aromatic N) is 3. The number of hydrogen-bond acceptors (Lipinski definition) is 6. The maximum Gasteiger partial charge on any atom is 0.271 e. The minimum atomic E-state index is -0.623. The van der Waals surface area contributed by atoms with Crippen LogP contribution >= 0.6 is 22.9 Å². The van der Waals surface area contributed by atoms with Crippen molar-refractivity contribution >= 4 is 34.9 Å². The summed E-state index contributed by atoms with van der Waals surface area (Å²) in [4.78, 5) is 34.6. The quantitative estimate of drug-likeness (QED) is 0.333. The summed E-state index contributed by atoms with van der Waals surface area (Å²) in [5.41, 5.74) is 2.44. The Bertz CT molecular complexity index is 1580. The van der Waals surface area contributed by atoms with Gasteiger partial charge in [0, 0.05) is 18.1 Å². The van der Waals surface area contributed by atoms with Gasteiger partial charge < -0.3 is 14.4 Å². The second-order valence-corrected chi connectivity index (χ2v) is 10.3. The van der Waals surface area contributed by atoms with Crippen molar-refractivity contribution < 1.29 is 14.3 Å². The lowest BCUT2D eigenvalue weighted by molar-refractivity contribution is -0.127. The van der Waals surface area contributed by atoms with Crippen LogP contribution in [0.5, 0.6) is 11.5 Å². The molecule has 39 heavy (non-hydrogen) atoms. The van der Waals surface area contributed by atoms with E-state index in [9.17, 15) is 9.59 Å². The predicted molar refractivity (Wildman–Crippen MR) is 156 cm³/mol. The van der Waals surface area contributed by atoms with Crippen LogP contribution in [0.25, 0.3) is 6.08 Å². The third-order valence-electron chi connectivity index (χ3n) is 6.41. The minimum Gasteiger partial charge on any atom is -0.490 e. The number of halogens is 1. The van der Waals surface area contributed by atoms with Gasteiger partial charge in [-0.15, -0.1) is 0 Å². The number of benzene rings is 2. The van der Waals surface area contributed by atoms with E-state index in [0.29, 0.717) is 63.4 Å². The first-order chi connectivity index (χ1) is 18.8. The fraction of sp³-hybridized carbons (Fsp3) is 0.300. The highest BCUT2D eigenvalue weighted by Gasteiger charge is 2.34. The molecule has 0 N–H and O–H groups in total. The average Bonchev–Trinajstić information content (AvgIpc) is 3.22. The second-order valence-electron chi connectivity index (χ2n) is 8.85. The van der Waals surface area contributed by atoms with Crippen LogP contribution in [0, 0.1) is 0 Å². The molecule has 4 rings (SSSR count). The number of likely N-dealkylation sites (N-methyl/N-ethyl adjacent to an activating group) is 1. The van der Waals surface area contributed by atoms with Crippen LogP contribution in [0.1, 0.15) is 44.9 Å². The topological polar surface area (TPSA) is 73.1 Å². The summed E-state index contributed by atoms with van der Waals surface area (Å²) in [6.07, 6.45) is 3.48. The molecule has 2 heterocycles. The summed E-state index contributed by atoms with van der Waals surface area (Å²) in [6.45, 7) is 13.2. The molecule has 9 heteroatoms. The van der Waals surface area contributed by atoms with Crippen LogP contribution in [0.3, 0.4) is 0 Å². The predicted octanol–water partition coefficient (Wildman–Crippen LogP) is 4.72. The normalized spacial score (nSPS) is 15.0. The summed E-state index contributed by atoms with van der Waals surface area (Å²) in [7, 11) is 0. The average molecular weight is 566 g/mol. The number of carbonyl (C=O) groups excluding carboxylic acids is 1. The molecule has 0 radical (unpaired) electrons. The summed E-state index contributed by atoms with van der Waals surface area (Å²) in [5, 5.41) is 0.578. The number of carbonyl (C=O) groups is 1. The van der Waals surface area contributed by atoms with Crippen LogP contribution in [0.2, 0.25) is 5.02 Å². The zero-order valence-electron chi connectivity index (χ0n) is 22.6. The largest absolute Gasteiger partial charge is 0.490 e. The zero-order valence-corrected chi connectivity index (χ0v) is 24.1. The monoisotopic (exact) mass is 565 g/mol. The molecule has 0 saturated carbocycles. The smallest absolute Gasteiger partial charge is 0.271 e. The maximum absolute atomic E-state index is 13.9. The van der Waals surface area contributed by atoms with E-state index in [-0.39, 0.29) is 11.5 Å². The number of aromatic nitrogens is 1. The van der Waals surface area contributed by atoms with Crippen molar-refractivity contribution in [1.82, 2.24) is 9.47 Å². The molecular formula is C30H32ClN3O4S. The van der Waals surface area contributed by atoms with E-state index in [0.717, 1.165) is 11.1 Å². The van der Waals surface area contributed by atoms with E-state index < -0.39 is 6.04 Å². The molecule has 7 nitrogen and oxygen atoms in total. The first-order valence-corrected chi connectivity index (χ1v) is 14.1. The molecule has 0 spiro atoms. The molecule has 0 bridgehead atoms. The molecule has 3 aromatic rings. The Morgan fingerprint density at radius 2 is 1.85 bits per heavy atom. The number of rotatable bonds is 10. The molecule has 1 aromatic heterocycles. The van der Waals surface area contributed by atoms with E-state index in [1.807, 2.05) is 64.1 Å². The van der Waals surface area contributed by atoms with Gasteiger partial charge >= 0.3 is 0 Å². The third-order valence-corrected chi connectivity index (χ3v) is 7.65. The van der Waals surface area contributed by atoms with E-state index in [1.165, 1.54) is 11.3 Å². The van der Waals surface area contributed by atoms with Gasteiger partial charge in [-0.25, -0.2) is 4.99 Å². The first kappa shape index (κ1) is 28.4. The van der Waals surface area contributed by atoms with Crippen LogP contribution in [-0.4, -0.2) is 41.7 Å². The second kappa shape index (κ2) is 12.5. The maximum atomic E-state index is 13.9. The highest BCUT2D eigenvalue weighted by atomic mass is 35.5. The molecule has 1 atom stereocenters. The third kappa shape index (κ3) is 5.87. The molecule has 0 fully saturated rings. The Hall–Kier alpha value is -3.62. The van der Waals surface area contributed by atoms with Crippen molar-refractivity contribution in [3.8, 4) is 11.5 Å². The van der Waals surface area contributed by atoms with Gasteiger partial charge in [-0.1, -0.05) is 53.8 Å². The van der Waals surface area contributed by atoms with Crippen LogP contribution < -0.4 is 24.4 Å². The molecule has 1 amide bonds. The van der Waals surface area contributed by atoms with Gasteiger partial charge in [0.25, 0.3) is 11.5 Å².